The summed E-state index contributed by atoms with van der Waals surface area (Å²) in [6.07, 6.45) is 0.621. The van der Waals surface area contributed by atoms with E-state index >= 15 is 0 Å². The highest BCUT2D eigenvalue weighted by molar-refractivity contribution is 9.12. The second-order valence-electron chi connectivity index (χ2n) is 8.75. The quantitative estimate of drug-likeness (QED) is 0.342. The number of rotatable bonds is 5. The van der Waals surface area contributed by atoms with Crippen LogP contribution in [0.2, 0.25) is 0 Å². The van der Waals surface area contributed by atoms with Gasteiger partial charge < -0.3 is 10.1 Å². The molecule has 3 fully saturated rings. The standard InChI is InChI=1S/C22H24Br2N2O5/c1-9(2)31-22(30)11-4-6-12(7-5-11)25-19(27)10(3)26-20(28)15-13-8-14(16(15)21(26)29)18(24)17(13)23/h4-7,9-10,13-18H,8H2,1-3H3,(H,25,27)/t10-,13+,14+,15+,16+,17-,18+/m0/s1. The third-order valence-corrected chi connectivity index (χ3v) is 9.73. The van der Waals surface area contributed by atoms with Crippen molar-refractivity contribution in [2.75, 3.05) is 5.32 Å². The van der Waals surface area contributed by atoms with Gasteiger partial charge in [-0.05, 0) is 63.3 Å². The van der Waals surface area contributed by atoms with Crippen LogP contribution < -0.4 is 5.32 Å². The Bertz CT molecular complexity index is 902. The number of alkyl halides is 2. The van der Waals surface area contributed by atoms with E-state index in [0.717, 1.165) is 11.3 Å². The van der Waals surface area contributed by atoms with E-state index in [1.165, 1.54) is 0 Å². The van der Waals surface area contributed by atoms with E-state index in [9.17, 15) is 19.2 Å². The molecule has 31 heavy (non-hydrogen) atoms. The number of hydrogen-bond donors (Lipinski definition) is 1. The minimum Gasteiger partial charge on any atom is -0.459 e. The molecule has 7 nitrogen and oxygen atoms in total. The molecule has 0 spiro atoms. The number of imide groups is 1. The number of benzene rings is 1. The SMILES string of the molecule is CC(C)OC(=O)c1ccc(NC(=O)[C@H](C)N2C(=O)[C@@H]3[C@H]4C[C@@H]([C@@H](Br)[C@H]4Br)[C@H]3C2=O)cc1. The normalized spacial score (nSPS) is 32.4. The number of halogens is 2. The van der Waals surface area contributed by atoms with Crippen molar-refractivity contribution < 1.29 is 23.9 Å². The molecule has 1 N–H and O–H groups in total. The molecule has 2 saturated carbocycles. The average molecular weight is 556 g/mol. The molecule has 0 unspecified atom stereocenters. The van der Waals surface area contributed by atoms with Gasteiger partial charge in [0.2, 0.25) is 17.7 Å². The topological polar surface area (TPSA) is 92.8 Å². The first-order chi connectivity index (χ1) is 14.6. The second kappa shape index (κ2) is 8.31. The van der Waals surface area contributed by atoms with Crippen LogP contribution in [0.4, 0.5) is 5.69 Å². The number of hydrogen-bond acceptors (Lipinski definition) is 5. The number of esters is 1. The molecule has 166 valence electrons. The van der Waals surface area contributed by atoms with Crippen LogP contribution in [0.25, 0.3) is 0 Å². The zero-order valence-electron chi connectivity index (χ0n) is 17.4. The lowest BCUT2D eigenvalue weighted by atomic mass is 9.81. The van der Waals surface area contributed by atoms with Crippen LogP contribution in [0, 0.1) is 23.7 Å². The Balaban J connectivity index is 1.44. The van der Waals surface area contributed by atoms with E-state index in [2.05, 4.69) is 37.2 Å². The zero-order chi connectivity index (χ0) is 22.6. The number of carbonyl (C=O) groups is 4. The van der Waals surface area contributed by atoms with Gasteiger partial charge in [0.25, 0.3) is 0 Å². The van der Waals surface area contributed by atoms with Crippen LogP contribution in [0.15, 0.2) is 24.3 Å². The average Bonchev–Trinajstić information content (AvgIpc) is 3.32. The summed E-state index contributed by atoms with van der Waals surface area (Å²) >= 11 is 7.33. The summed E-state index contributed by atoms with van der Waals surface area (Å²) in [7, 11) is 0. The van der Waals surface area contributed by atoms with Crippen molar-refractivity contribution in [3.05, 3.63) is 29.8 Å². The van der Waals surface area contributed by atoms with Crippen LogP contribution >= 0.6 is 31.9 Å². The Hall–Kier alpha value is -1.74. The van der Waals surface area contributed by atoms with E-state index in [4.69, 9.17) is 4.74 Å². The number of fused-ring (bicyclic) bond motifs is 5. The summed E-state index contributed by atoms with van der Waals surface area (Å²) in [6, 6.07) is 5.39. The van der Waals surface area contributed by atoms with Crippen LogP contribution in [-0.4, -0.2) is 50.4 Å². The van der Waals surface area contributed by atoms with Gasteiger partial charge in [-0.15, -0.1) is 0 Å². The molecular weight excluding hydrogens is 532 g/mol. The molecule has 0 aromatic heterocycles. The number of nitrogens with zero attached hydrogens (tertiary/aromatic N) is 1. The molecular formula is C22H24Br2N2O5. The van der Waals surface area contributed by atoms with Gasteiger partial charge in [-0.1, -0.05) is 31.9 Å². The lowest BCUT2D eigenvalue weighted by Crippen LogP contribution is -2.46. The van der Waals surface area contributed by atoms with Crippen LogP contribution in [0.1, 0.15) is 37.6 Å². The summed E-state index contributed by atoms with van der Waals surface area (Å²) in [5, 5.41) is 2.73. The van der Waals surface area contributed by atoms with Gasteiger partial charge in [0.05, 0.1) is 23.5 Å². The van der Waals surface area contributed by atoms with Crippen LogP contribution in [0.3, 0.4) is 0 Å². The molecule has 3 amide bonds. The maximum Gasteiger partial charge on any atom is 0.338 e. The fraction of sp³-hybridized carbons (Fsp3) is 0.545. The minimum absolute atomic E-state index is 0.106. The Labute approximate surface area is 197 Å². The van der Waals surface area contributed by atoms with Crippen LogP contribution in [0.5, 0.6) is 0 Å². The third kappa shape index (κ3) is 3.73. The predicted octanol–water partition coefficient (Wildman–Crippen LogP) is 3.36. The molecule has 1 saturated heterocycles. The molecule has 1 aliphatic heterocycles. The number of amides is 3. The van der Waals surface area contributed by atoms with Gasteiger partial charge in [-0.25, -0.2) is 4.79 Å². The maximum atomic E-state index is 13.1. The van der Waals surface area contributed by atoms with Crippen molar-refractivity contribution in [1.82, 2.24) is 4.90 Å². The van der Waals surface area contributed by atoms with E-state index in [0.29, 0.717) is 11.3 Å². The Kier molecular flexibility index (Phi) is 6.02. The lowest BCUT2D eigenvalue weighted by molar-refractivity contribution is -0.146. The van der Waals surface area contributed by atoms with Crippen molar-refractivity contribution in [3.8, 4) is 0 Å². The van der Waals surface area contributed by atoms with Gasteiger partial charge >= 0.3 is 5.97 Å². The predicted molar refractivity (Wildman–Crippen MR) is 121 cm³/mol. The number of nitrogens with one attached hydrogen (secondary N) is 1. The second-order valence-corrected chi connectivity index (χ2v) is 10.9. The first-order valence-electron chi connectivity index (χ1n) is 10.4. The number of anilines is 1. The molecule has 7 atom stereocenters. The summed E-state index contributed by atoms with van der Waals surface area (Å²) in [4.78, 5) is 52.4. The molecule has 2 aliphatic carbocycles. The van der Waals surface area contributed by atoms with Crippen molar-refractivity contribution in [1.29, 1.82) is 0 Å². The molecule has 1 heterocycles. The summed E-state index contributed by atoms with van der Waals surface area (Å²) in [5.41, 5.74) is 0.847. The first kappa shape index (κ1) is 22.5. The highest BCUT2D eigenvalue weighted by Crippen LogP contribution is 2.60. The summed E-state index contributed by atoms with van der Waals surface area (Å²) in [5.74, 6) is -1.87. The fourth-order valence-electron chi connectivity index (χ4n) is 5.09. The largest absolute Gasteiger partial charge is 0.459 e. The number of ether oxygens (including phenoxy) is 1. The molecule has 9 heteroatoms. The molecule has 1 aromatic rings. The minimum atomic E-state index is -0.918. The van der Waals surface area contributed by atoms with Gasteiger partial charge in [-0.3, -0.25) is 19.3 Å². The monoisotopic (exact) mass is 554 g/mol. The van der Waals surface area contributed by atoms with Gasteiger partial charge in [0.15, 0.2) is 0 Å². The summed E-state index contributed by atoms with van der Waals surface area (Å²) in [6.45, 7) is 5.11. The Morgan fingerprint density at radius 3 is 2.00 bits per heavy atom. The Morgan fingerprint density at radius 2 is 1.52 bits per heavy atom. The van der Waals surface area contributed by atoms with Crippen LogP contribution in [-0.2, 0) is 19.1 Å². The van der Waals surface area contributed by atoms with Crippen molar-refractivity contribution in [2.24, 2.45) is 23.7 Å². The number of carbonyl (C=O) groups excluding carboxylic acids is 4. The molecule has 3 aliphatic rings. The highest BCUT2D eigenvalue weighted by atomic mass is 79.9. The van der Waals surface area contributed by atoms with E-state index in [-0.39, 0.29) is 51.2 Å². The zero-order valence-corrected chi connectivity index (χ0v) is 20.6. The third-order valence-electron chi connectivity index (χ3n) is 6.52. The molecule has 0 radical (unpaired) electrons. The number of likely N-dealkylation sites (tertiary alicyclic amines) is 1. The van der Waals surface area contributed by atoms with Crippen molar-refractivity contribution in [2.45, 2.75) is 49.0 Å². The molecule has 4 rings (SSSR count). The smallest absolute Gasteiger partial charge is 0.338 e. The molecule has 2 bridgehead atoms. The van der Waals surface area contributed by atoms with E-state index in [1.54, 1.807) is 45.0 Å². The van der Waals surface area contributed by atoms with E-state index in [1.807, 2.05) is 0 Å². The van der Waals surface area contributed by atoms with Crippen molar-refractivity contribution >= 4 is 61.2 Å². The van der Waals surface area contributed by atoms with Gasteiger partial charge in [-0.2, -0.15) is 0 Å². The highest BCUT2D eigenvalue weighted by Gasteiger charge is 2.67. The maximum absolute atomic E-state index is 13.1. The van der Waals surface area contributed by atoms with Gasteiger partial charge in [0, 0.05) is 15.3 Å². The Morgan fingerprint density at radius 1 is 1.00 bits per heavy atom. The lowest BCUT2D eigenvalue weighted by Gasteiger charge is -2.28. The van der Waals surface area contributed by atoms with Crippen molar-refractivity contribution in [3.63, 3.8) is 0 Å². The van der Waals surface area contributed by atoms with E-state index < -0.39 is 17.9 Å². The molecule has 1 aromatic carbocycles. The first-order valence-corrected chi connectivity index (χ1v) is 12.2. The fourth-order valence-corrected chi connectivity index (χ4v) is 6.96. The van der Waals surface area contributed by atoms with Gasteiger partial charge in [0.1, 0.15) is 6.04 Å². The summed E-state index contributed by atoms with van der Waals surface area (Å²) < 4.78 is 5.15.